The molecule has 9 aromatic carbocycles. The van der Waals surface area contributed by atoms with Crippen LogP contribution in [0.25, 0.3) is 95.3 Å². The van der Waals surface area contributed by atoms with Crippen LogP contribution in [0.4, 0.5) is 0 Å². The van der Waals surface area contributed by atoms with Crippen molar-refractivity contribution < 1.29 is 0 Å². The van der Waals surface area contributed by atoms with E-state index in [2.05, 4.69) is 191 Å². The highest BCUT2D eigenvalue weighted by molar-refractivity contribution is 7.26. The minimum Gasteiger partial charge on any atom is -0.309 e. The van der Waals surface area contributed by atoms with E-state index in [4.69, 9.17) is 0 Å². The number of hydrogen-bond donors (Lipinski definition) is 0. The second-order valence-electron chi connectivity index (χ2n) is 16.7. The van der Waals surface area contributed by atoms with E-state index in [0.29, 0.717) is 0 Å². The molecule has 2 nitrogen and oxygen atoms in total. The van der Waals surface area contributed by atoms with E-state index in [-0.39, 0.29) is 11.8 Å². The molecule has 0 aliphatic heterocycles. The van der Waals surface area contributed by atoms with Crippen molar-refractivity contribution in [3.63, 3.8) is 0 Å². The highest BCUT2D eigenvalue weighted by atomic mass is 32.1. The fourth-order valence-corrected chi connectivity index (χ4v) is 13.8. The number of aromatic nitrogens is 2. The van der Waals surface area contributed by atoms with Gasteiger partial charge in [0, 0.05) is 85.1 Å². The van der Waals surface area contributed by atoms with Gasteiger partial charge in [0.1, 0.15) is 0 Å². The number of para-hydroxylation sites is 2. The van der Waals surface area contributed by atoms with Crippen molar-refractivity contribution in [2.45, 2.75) is 11.8 Å². The third kappa shape index (κ3) is 3.94. The molecule has 13 aromatic rings. The number of benzene rings is 9. The van der Waals surface area contributed by atoms with Crippen LogP contribution in [0.15, 0.2) is 182 Å². The summed E-state index contributed by atoms with van der Waals surface area (Å²) in [5.41, 5.74) is 16.2. The van der Waals surface area contributed by atoms with Gasteiger partial charge in [-0.05, 0) is 106 Å². The fourth-order valence-electron chi connectivity index (χ4n) is 11.6. The fraction of sp³-hybridized carbons (Fsp3) is 0.0357. The van der Waals surface area contributed by atoms with Gasteiger partial charge in [-0.25, -0.2) is 0 Å². The predicted octanol–water partition coefficient (Wildman–Crippen LogP) is 15.6. The summed E-state index contributed by atoms with van der Waals surface area (Å²) < 4.78 is 10.4. The molecule has 4 heterocycles. The number of nitrogens with zero attached hydrogens (tertiary/aromatic N) is 2. The second-order valence-corrected chi connectivity index (χ2v) is 18.9. The largest absolute Gasteiger partial charge is 0.309 e. The Morgan fingerprint density at radius 2 is 0.717 bits per heavy atom. The van der Waals surface area contributed by atoms with Crippen LogP contribution in [0.2, 0.25) is 0 Å². The zero-order valence-electron chi connectivity index (χ0n) is 32.2. The molecule has 0 spiro atoms. The zero-order chi connectivity index (χ0) is 38.8. The van der Waals surface area contributed by atoms with Crippen molar-refractivity contribution >= 4 is 107 Å². The highest BCUT2D eigenvalue weighted by Gasteiger charge is 2.44. The van der Waals surface area contributed by atoms with Crippen molar-refractivity contribution in [1.82, 2.24) is 9.13 Å². The normalized spacial score (nSPS) is 15.7. The first kappa shape index (κ1) is 31.9. The van der Waals surface area contributed by atoms with Crippen molar-refractivity contribution in [3.8, 4) is 11.4 Å². The van der Waals surface area contributed by atoms with Crippen molar-refractivity contribution in [2.75, 3.05) is 0 Å². The molecule has 0 fully saturated rings. The molecule has 0 atom stereocenters. The Morgan fingerprint density at radius 3 is 1.23 bits per heavy atom. The molecule has 0 N–H and O–H groups in total. The first-order chi connectivity index (χ1) is 29.8. The van der Waals surface area contributed by atoms with E-state index < -0.39 is 0 Å². The molecule has 0 saturated carbocycles. The average molecular weight is 797 g/mol. The van der Waals surface area contributed by atoms with Crippen molar-refractivity contribution in [2.24, 2.45) is 0 Å². The Balaban J connectivity index is 1.03. The van der Waals surface area contributed by atoms with Crippen LogP contribution in [-0.4, -0.2) is 9.13 Å². The molecule has 2 bridgehead atoms. The van der Waals surface area contributed by atoms with E-state index in [9.17, 15) is 0 Å². The SMILES string of the molecule is c1ccc2c(c1)C1c3ccc4c(c3C2c2c1ccc1c2c2ccccc2n1-c1ccc2sc3ccccc3c2c1)c1ccccc1n4-c1ccc2sc3ccccc3c2c1. The molecule has 4 heteroatoms. The number of thiophene rings is 2. The summed E-state index contributed by atoms with van der Waals surface area (Å²) >= 11 is 3.76. The van der Waals surface area contributed by atoms with E-state index >= 15 is 0 Å². The van der Waals surface area contributed by atoms with E-state index in [0.717, 1.165) is 0 Å². The van der Waals surface area contributed by atoms with Crippen LogP contribution in [0, 0.1) is 0 Å². The minimum absolute atomic E-state index is 0.0775. The van der Waals surface area contributed by atoms with Crippen LogP contribution >= 0.6 is 22.7 Å². The Kier molecular flexibility index (Phi) is 6.07. The Bertz CT molecular complexity index is 3800. The van der Waals surface area contributed by atoms with Gasteiger partial charge in [0.2, 0.25) is 0 Å². The molecule has 0 unspecified atom stereocenters. The second kappa shape index (κ2) is 11.4. The van der Waals surface area contributed by atoms with Gasteiger partial charge in [-0.1, -0.05) is 109 Å². The van der Waals surface area contributed by atoms with Crippen LogP contribution in [-0.2, 0) is 0 Å². The summed E-state index contributed by atoms with van der Waals surface area (Å²) in [5, 5.41) is 10.7. The van der Waals surface area contributed by atoms with Gasteiger partial charge in [0.25, 0.3) is 0 Å². The van der Waals surface area contributed by atoms with E-state index in [1.807, 2.05) is 22.7 Å². The highest BCUT2D eigenvalue weighted by Crippen LogP contribution is 2.60. The van der Waals surface area contributed by atoms with Gasteiger partial charge < -0.3 is 9.13 Å². The molecule has 0 radical (unpaired) electrons. The Morgan fingerprint density at radius 1 is 0.300 bits per heavy atom. The maximum atomic E-state index is 2.53. The molecule has 4 aromatic heterocycles. The van der Waals surface area contributed by atoms with Gasteiger partial charge in [-0.3, -0.25) is 0 Å². The summed E-state index contributed by atoms with van der Waals surface area (Å²) in [7, 11) is 0. The first-order valence-electron chi connectivity index (χ1n) is 20.8. The Hall–Kier alpha value is -6.98. The lowest BCUT2D eigenvalue weighted by atomic mass is 9.59. The van der Waals surface area contributed by atoms with Gasteiger partial charge in [0.15, 0.2) is 0 Å². The standard InChI is InChI=1S/C56H32N2S2/c1-2-14-36-35(13-1)51-39-23-25-45-52(37-15-3-7-17-43(37)57(45)31-21-27-49-41(29-31)33-11-5-9-19-47(33)59-49)55(39)54(36)56-40(51)24-26-46-53(56)38-16-4-8-18-44(38)58(46)32-22-28-50-42(30-32)34-12-6-10-20-48(34)60-50/h1-30,51,54H. The zero-order valence-corrected chi connectivity index (χ0v) is 33.8. The lowest BCUT2D eigenvalue weighted by Crippen LogP contribution is -2.28. The van der Waals surface area contributed by atoms with Gasteiger partial charge >= 0.3 is 0 Å². The molecule has 3 aliphatic rings. The van der Waals surface area contributed by atoms with Crippen molar-refractivity contribution in [3.05, 3.63) is 215 Å². The number of hydrogen-bond acceptors (Lipinski definition) is 2. The third-order valence-corrected chi connectivity index (χ3v) is 16.2. The maximum Gasteiger partial charge on any atom is 0.0544 e. The number of rotatable bonds is 2. The maximum absolute atomic E-state index is 2.53. The molecular formula is C56H32N2S2. The van der Waals surface area contributed by atoms with Crippen LogP contribution in [0.3, 0.4) is 0 Å². The lowest BCUT2D eigenvalue weighted by Gasteiger charge is -2.43. The molecule has 0 amide bonds. The molecule has 3 aliphatic carbocycles. The average Bonchev–Trinajstić information content (AvgIpc) is 4.06. The summed E-state index contributed by atoms with van der Waals surface area (Å²) in [6, 6.07) is 69.1. The molecular weight excluding hydrogens is 765 g/mol. The molecule has 0 saturated heterocycles. The first-order valence-corrected chi connectivity index (χ1v) is 22.5. The Labute approximate surface area is 352 Å². The summed E-state index contributed by atoms with van der Waals surface area (Å²) in [6.45, 7) is 0. The molecule has 60 heavy (non-hydrogen) atoms. The monoisotopic (exact) mass is 796 g/mol. The van der Waals surface area contributed by atoms with Gasteiger partial charge in [0.05, 0.1) is 22.1 Å². The quantitative estimate of drug-likeness (QED) is 0.165. The topological polar surface area (TPSA) is 9.86 Å². The summed E-state index contributed by atoms with van der Waals surface area (Å²) in [6.07, 6.45) is 0. The smallest absolute Gasteiger partial charge is 0.0544 e. The summed E-state index contributed by atoms with van der Waals surface area (Å²) in [5.74, 6) is 0.227. The third-order valence-electron chi connectivity index (χ3n) is 13.9. The van der Waals surface area contributed by atoms with Gasteiger partial charge in [-0.2, -0.15) is 0 Å². The van der Waals surface area contributed by atoms with E-state index in [1.165, 1.54) is 129 Å². The summed E-state index contributed by atoms with van der Waals surface area (Å²) in [4.78, 5) is 0. The molecule has 16 rings (SSSR count). The van der Waals surface area contributed by atoms with Crippen LogP contribution in [0.5, 0.6) is 0 Å². The van der Waals surface area contributed by atoms with E-state index in [1.54, 1.807) is 0 Å². The lowest BCUT2D eigenvalue weighted by molar-refractivity contribution is 0.768. The van der Waals surface area contributed by atoms with Gasteiger partial charge in [-0.15, -0.1) is 22.7 Å². The predicted molar refractivity (Wildman–Crippen MR) is 256 cm³/mol. The molecule has 278 valence electrons. The minimum atomic E-state index is 0.0775. The van der Waals surface area contributed by atoms with Crippen LogP contribution in [0.1, 0.15) is 45.2 Å². The van der Waals surface area contributed by atoms with Crippen LogP contribution < -0.4 is 0 Å². The number of fused-ring (bicyclic) bond motifs is 12. The van der Waals surface area contributed by atoms with Crippen molar-refractivity contribution in [1.29, 1.82) is 0 Å².